The van der Waals surface area contributed by atoms with Crippen molar-refractivity contribution in [3.05, 3.63) is 36.4 Å². The van der Waals surface area contributed by atoms with Crippen molar-refractivity contribution >= 4 is 23.6 Å². The molecule has 0 bridgehead atoms. The molecule has 3 amide bonds. The molecule has 8 heteroatoms. The summed E-state index contributed by atoms with van der Waals surface area (Å²) >= 11 is 0. The number of hydrogen-bond donors (Lipinski definition) is 2. The number of primary amides is 1. The fourth-order valence-corrected chi connectivity index (χ4v) is 3.67. The van der Waals surface area contributed by atoms with Gasteiger partial charge in [0.2, 0.25) is 11.8 Å². The Morgan fingerprint density at radius 1 is 1.43 bits per heavy atom. The molecule has 1 aromatic rings. The molecule has 0 saturated carbocycles. The summed E-state index contributed by atoms with van der Waals surface area (Å²) in [6, 6.07) is 4.31. The summed E-state index contributed by atoms with van der Waals surface area (Å²) < 4.78 is 11.0. The maximum Gasteiger partial charge on any atom is 0.411 e. The van der Waals surface area contributed by atoms with Crippen molar-refractivity contribution in [1.29, 1.82) is 0 Å². The lowest BCUT2D eigenvalue weighted by Crippen LogP contribution is -2.46. The molecular weight excluding hydrogens is 362 g/mol. The predicted molar refractivity (Wildman–Crippen MR) is 103 cm³/mol. The van der Waals surface area contributed by atoms with Gasteiger partial charge < -0.3 is 20.5 Å². The van der Waals surface area contributed by atoms with Crippen LogP contribution in [0, 0.1) is 0 Å². The first-order chi connectivity index (χ1) is 13.1. The smallest absolute Gasteiger partial charge is 0.411 e. The van der Waals surface area contributed by atoms with E-state index >= 15 is 0 Å². The first kappa shape index (κ1) is 19.7. The lowest BCUT2D eigenvalue weighted by Gasteiger charge is -2.27. The van der Waals surface area contributed by atoms with E-state index in [9.17, 15) is 14.4 Å². The number of hydrogen-bond acceptors (Lipinski definition) is 5. The second-order valence-electron chi connectivity index (χ2n) is 8.07. The second kappa shape index (κ2) is 6.85. The van der Waals surface area contributed by atoms with Crippen LogP contribution in [0.1, 0.15) is 32.8 Å². The Morgan fingerprint density at radius 3 is 2.75 bits per heavy atom. The Bertz CT molecular complexity index is 845. The van der Waals surface area contributed by atoms with Crippen LogP contribution in [0.4, 0.5) is 10.5 Å². The Hall–Kier alpha value is -3.03. The SMILES string of the molecule is C=CCOc1ccc2c(c1)[C@@]1(C[C@@H](C(N)=O)N(C(=O)OC(C)(C)C)C1)C(=O)N2. The third kappa shape index (κ3) is 3.42. The highest BCUT2D eigenvalue weighted by Gasteiger charge is 2.58. The number of nitrogens with one attached hydrogen (secondary N) is 1. The van der Waals surface area contributed by atoms with Gasteiger partial charge >= 0.3 is 6.09 Å². The Labute approximate surface area is 163 Å². The van der Waals surface area contributed by atoms with Gasteiger partial charge in [0.1, 0.15) is 24.0 Å². The summed E-state index contributed by atoms with van der Waals surface area (Å²) in [5, 5.41) is 2.84. The molecule has 1 spiro atoms. The second-order valence-corrected chi connectivity index (χ2v) is 8.07. The van der Waals surface area contributed by atoms with Crippen molar-refractivity contribution in [2.75, 3.05) is 18.5 Å². The van der Waals surface area contributed by atoms with Gasteiger partial charge in [-0.25, -0.2) is 4.79 Å². The lowest BCUT2D eigenvalue weighted by atomic mass is 9.79. The molecule has 0 aromatic heterocycles. The van der Waals surface area contributed by atoms with Gasteiger partial charge in [-0.2, -0.15) is 0 Å². The zero-order valence-electron chi connectivity index (χ0n) is 16.3. The molecule has 2 aliphatic heterocycles. The molecule has 0 unspecified atom stereocenters. The van der Waals surface area contributed by atoms with Gasteiger partial charge in [-0.3, -0.25) is 14.5 Å². The molecular formula is C20H25N3O5. The largest absolute Gasteiger partial charge is 0.490 e. The van der Waals surface area contributed by atoms with Crippen LogP contribution in [0.2, 0.25) is 0 Å². The zero-order chi connectivity index (χ0) is 20.7. The number of nitrogens with zero attached hydrogens (tertiary/aromatic N) is 1. The van der Waals surface area contributed by atoms with Crippen molar-refractivity contribution < 1.29 is 23.9 Å². The van der Waals surface area contributed by atoms with Crippen molar-refractivity contribution in [3.8, 4) is 5.75 Å². The quantitative estimate of drug-likeness (QED) is 0.767. The molecule has 150 valence electrons. The van der Waals surface area contributed by atoms with Crippen molar-refractivity contribution in [1.82, 2.24) is 4.90 Å². The maximum atomic E-state index is 12.9. The molecule has 2 aliphatic rings. The molecule has 2 heterocycles. The predicted octanol–water partition coefficient (Wildman–Crippen LogP) is 1.94. The average molecular weight is 387 g/mol. The number of benzene rings is 1. The van der Waals surface area contributed by atoms with E-state index in [1.807, 2.05) is 0 Å². The first-order valence-corrected chi connectivity index (χ1v) is 9.06. The van der Waals surface area contributed by atoms with Crippen molar-refractivity contribution in [2.45, 2.75) is 44.2 Å². The molecule has 28 heavy (non-hydrogen) atoms. The summed E-state index contributed by atoms with van der Waals surface area (Å²) in [6.45, 7) is 9.14. The van der Waals surface area contributed by atoms with E-state index in [1.54, 1.807) is 45.0 Å². The van der Waals surface area contributed by atoms with Crippen LogP contribution in [-0.2, 0) is 19.7 Å². The molecule has 1 saturated heterocycles. The fraction of sp³-hybridized carbons (Fsp3) is 0.450. The van der Waals surface area contributed by atoms with Crippen molar-refractivity contribution in [3.63, 3.8) is 0 Å². The van der Waals surface area contributed by atoms with Gasteiger partial charge in [0, 0.05) is 12.2 Å². The van der Waals surface area contributed by atoms with Crippen LogP contribution in [0.3, 0.4) is 0 Å². The molecule has 1 fully saturated rings. The Morgan fingerprint density at radius 2 is 2.14 bits per heavy atom. The van der Waals surface area contributed by atoms with E-state index < -0.39 is 29.1 Å². The minimum Gasteiger partial charge on any atom is -0.490 e. The molecule has 0 radical (unpaired) electrons. The number of carbonyl (C=O) groups excluding carboxylic acids is 3. The number of amides is 3. The topological polar surface area (TPSA) is 111 Å². The summed E-state index contributed by atoms with van der Waals surface area (Å²) in [4.78, 5) is 38.9. The van der Waals surface area contributed by atoms with Gasteiger partial charge in [0.05, 0.1) is 5.41 Å². The van der Waals surface area contributed by atoms with Crippen LogP contribution in [-0.4, -0.2) is 47.6 Å². The van der Waals surface area contributed by atoms with Gasteiger partial charge in [-0.05, 0) is 51.0 Å². The number of carbonyl (C=O) groups is 3. The van der Waals surface area contributed by atoms with Gasteiger partial charge in [-0.15, -0.1) is 0 Å². The van der Waals surface area contributed by atoms with Crippen LogP contribution >= 0.6 is 0 Å². The van der Waals surface area contributed by atoms with Gasteiger partial charge in [0.25, 0.3) is 0 Å². The van der Waals surface area contributed by atoms with E-state index in [-0.39, 0.29) is 18.9 Å². The first-order valence-electron chi connectivity index (χ1n) is 9.06. The number of likely N-dealkylation sites (tertiary alicyclic amines) is 1. The minimum atomic E-state index is -1.08. The normalized spacial score (nSPS) is 23.3. The highest BCUT2D eigenvalue weighted by molar-refractivity contribution is 6.08. The summed E-state index contributed by atoms with van der Waals surface area (Å²) in [6.07, 6.45) is 1.04. The number of fused-ring (bicyclic) bond motifs is 2. The third-order valence-corrected chi connectivity index (χ3v) is 4.87. The molecule has 8 nitrogen and oxygen atoms in total. The Kier molecular flexibility index (Phi) is 4.82. The Balaban J connectivity index is 1.98. The summed E-state index contributed by atoms with van der Waals surface area (Å²) in [5.74, 6) is -0.385. The fourth-order valence-electron chi connectivity index (χ4n) is 3.67. The lowest BCUT2D eigenvalue weighted by molar-refractivity contribution is -0.122. The van der Waals surface area contributed by atoms with Gasteiger partial charge in [-0.1, -0.05) is 12.7 Å². The summed E-state index contributed by atoms with van der Waals surface area (Å²) in [7, 11) is 0. The maximum absolute atomic E-state index is 12.9. The highest BCUT2D eigenvalue weighted by atomic mass is 16.6. The number of nitrogens with two attached hydrogens (primary N) is 1. The van der Waals surface area contributed by atoms with Gasteiger partial charge in [0.15, 0.2) is 0 Å². The standard InChI is InChI=1S/C20H25N3O5/c1-5-8-27-12-6-7-14-13(9-12)20(17(25)22-14)10-15(16(21)24)23(11-20)18(26)28-19(2,3)4/h5-7,9,15H,1,8,10-11H2,2-4H3,(H2,21,24)(H,22,25)/t15-,20-/m0/s1. The third-order valence-electron chi connectivity index (χ3n) is 4.87. The monoisotopic (exact) mass is 387 g/mol. The molecule has 3 N–H and O–H groups in total. The minimum absolute atomic E-state index is 0.000729. The van der Waals surface area contributed by atoms with Crippen LogP contribution in [0.25, 0.3) is 0 Å². The highest BCUT2D eigenvalue weighted by Crippen LogP contribution is 2.47. The number of ether oxygens (including phenoxy) is 2. The van der Waals surface area contributed by atoms with Crippen LogP contribution in [0.15, 0.2) is 30.9 Å². The van der Waals surface area contributed by atoms with E-state index in [0.717, 1.165) is 0 Å². The van der Waals surface area contributed by atoms with Crippen LogP contribution in [0.5, 0.6) is 5.75 Å². The molecule has 2 atom stereocenters. The van der Waals surface area contributed by atoms with Crippen molar-refractivity contribution in [2.24, 2.45) is 5.73 Å². The van der Waals surface area contributed by atoms with E-state index in [0.29, 0.717) is 23.6 Å². The number of anilines is 1. The average Bonchev–Trinajstić information content (AvgIpc) is 3.12. The zero-order valence-corrected chi connectivity index (χ0v) is 16.3. The summed E-state index contributed by atoms with van der Waals surface area (Å²) in [5.41, 5.74) is 5.03. The molecule has 1 aromatic carbocycles. The molecule has 3 rings (SSSR count). The van der Waals surface area contributed by atoms with E-state index in [1.165, 1.54) is 4.90 Å². The van der Waals surface area contributed by atoms with Crippen LogP contribution < -0.4 is 15.8 Å². The van der Waals surface area contributed by atoms with E-state index in [4.69, 9.17) is 15.2 Å². The van der Waals surface area contributed by atoms with E-state index in [2.05, 4.69) is 11.9 Å². The molecule has 0 aliphatic carbocycles. The number of rotatable bonds is 4.